The largest absolute Gasteiger partial charge is 0.366 e. The van der Waals surface area contributed by atoms with Gasteiger partial charge in [0.2, 0.25) is 10.0 Å². The van der Waals surface area contributed by atoms with E-state index in [4.69, 9.17) is 11.6 Å². The molecule has 6 nitrogen and oxygen atoms in total. The first-order chi connectivity index (χ1) is 16.2. The molecule has 0 aliphatic carbocycles. The van der Waals surface area contributed by atoms with Crippen molar-refractivity contribution in [2.45, 2.75) is 24.8 Å². The topological polar surface area (TPSA) is 69.7 Å². The Morgan fingerprint density at radius 3 is 2.53 bits per heavy atom. The minimum Gasteiger partial charge on any atom is -0.366 e. The fourth-order valence-electron chi connectivity index (χ4n) is 4.07. The second-order valence-electron chi connectivity index (χ2n) is 8.32. The van der Waals surface area contributed by atoms with Crippen LogP contribution in [0.4, 0.5) is 15.8 Å². The average molecular weight is 502 g/mol. The number of para-hydroxylation sites is 1. The maximum Gasteiger partial charge on any atom is 0.258 e. The number of carbonyl (C=O) groups is 1. The van der Waals surface area contributed by atoms with Crippen LogP contribution in [0.2, 0.25) is 5.02 Å². The molecule has 3 aromatic rings. The minimum absolute atomic E-state index is 0.0613. The Morgan fingerprint density at radius 2 is 1.82 bits per heavy atom. The van der Waals surface area contributed by atoms with Gasteiger partial charge in [0.05, 0.1) is 21.2 Å². The zero-order valence-electron chi connectivity index (χ0n) is 18.8. The zero-order valence-corrected chi connectivity index (χ0v) is 20.4. The Labute approximate surface area is 204 Å². The summed E-state index contributed by atoms with van der Waals surface area (Å²) in [6.07, 6.45) is 0. The van der Waals surface area contributed by atoms with Crippen molar-refractivity contribution in [1.82, 2.24) is 4.31 Å². The lowest BCUT2D eigenvalue weighted by molar-refractivity contribution is 0.102. The number of nitrogens with zero attached hydrogens (tertiary/aromatic N) is 2. The molecule has 1 amide bonds. The van der Waals surface area contributed by atoms with Crippen LogP contribution in [-0.2, 0) is 10.0 Å². The lowest BCUT2D eigenvalue weighted by Crippen LogP contribution is -2.53. The van der Waals surface area contributed by atoms with Gasteiger partial charge in [-0.05, 0) is 61.9 Å². The molecule has 3 aromatic carbocycles. The molecule has 0 saturated carbocycles. The Morgan fingerprint density at radius 1 is 1.06 bits per heavy atom. The molecule has 0 unspecified atom stereocenters. The van der Waals surface area contributed by atoms with Gasteiger partial charge in [0.1, 0.15) is 5.82 Å². The van der Waals surface area contributed by atoms with Crippen molar-refractivity contribution < 1.29 is 17.6 Å². The first kappa shape index (κ1) is 24.2. The fourth-order valence-corrected chi connectivity index (χ4v) is 5.79. The van der Waals surface area contributed by atoms with Gasteiger partial charge in [-0.25, -0.2) is 12.8 Å². The molecular formula is C25H25ClFN3O3S. The standard InChI is InChI=1S/C25H25ClFN3O3S/c1-17-6-5-7-19(14-17)30-13-12-29(16-18(30)2)34(32,33)20-10-11-23(27)21(15-20)25(31)28-24-9-4-3-8-22(24)26/h3-11,14-15,18H,12-13,16H2,1-2H3,(H,28,31)/t18-/m0/s1. The van der Waals surface area contributed by atoms with Crippen LogP contribution in [0.15, 0.2) is 71.6 Å². The normalized spacial score (nSPS) is 16.9. The van der Waals surface area contributed by atoms with E-state index in [2.05, 4.69) is 16.3 Å². The molecule has 34 heavy (non-hydrogen) atoms. The lowest BCUT2D eigenvalue weighted by Gasteiger charge is -2.40. The predicted molar refractivity (Wildman–Crippen MR) is 133 cm³/mol. The van der Waals surface area contributed by atoms with Gasteiger partial charge in [0.15, 0.2) is 0 Å². The van der Waals surface area contributed by atoms with E-state index in [9.17, 15) is 17.6 Å². The Kier molecular flexibility index (Phi) is 6.93. The Hall–Kier alpha value is -2.94. The van der Waals surface area contributed by atoms with Crippen LogP contribution in [0.3, 0.4) is 0 Å². The van der Waals surface area contributed by atoms with Gasteiger partial charge in [0, 0.05) is 31.4 Å². The average Bonchev–Trinajstić information content (AvgIpc) is 2.80. The molecule has 178 valence electrons. The minimum atomic E-state index is -3.93. The molecule has 0 bridgehead atoms. The highest BCUT2D eigenvalue weighted by molar-refractivity contribution is 7.89. The number of benzene rings is 3. The number of hydrogen-bond donors (Lipinski definition) is 1. The van der Waals surface area contributed by atoms with Gasteiger partial charge in [-0.3, -0.25) is 4.79 Å². The molecule has 1 atom stereocenters. The van der Waals surface area contributed by atoms with Crippen LogP contribution in [-0.4, -0.2) is 44.3 Å². The second kappa shape index (κ2) is 9.74. The summed E-state index contributed by atoms with van der Waals surface area (Å²) in [4.78, 5) is 14.7. The molecule has 1 aliphatic rings. The lowest BCUT2D eigenvalue weighted by atomic mass is 10.1. The molecule has 9 heteroatoms. The van der Waals surface area contributed by atoms with E-state index in [-0.39, 0.29) is 29.6 Å². The number of halogens is 2. The summed E-state index contributed by atoms with van der Waals surface area (Å²) >= 11 is 6.06. The number of nitrogens with one attached hydrogen (secondary N) is 1. The molecule has 4 rings (SSSR count). The summed E-state index contributed by atoms with van der Waals surface area (Å²) in [5.74, 6) is -1.60. The number of aryl methyl sites for hydroxylation is 1. The summed E-state index contributed by atoms with van der Waals surface area (Å²) in [6.45, 7) is 5.05. The summed E-state index contributed by atoms with van der Waals surface area (Å²) in [5, 5.41) is 2.83. The van der Waals surface area contributed by atoms with Crippen molar-refractivity contribution in [2.24, 2.45) is 0 Å². The van der Waals surface area contributed by atoms with Gasteiger partial charge in [0.25, 0.3) is 5.91 Å². The van der Waals surface area contributed by atoms with E-state index in [1.807, 2.05) is 32.0 Å². The third-order valence-electron chi connectivity index (χ3n) is 5.87. The maximum atomic E-state index is 14.5. The Bertz CT molecular complexity index is 1330. The van der Waals surface area contributed by atoms with Crippen LogP contribution in [0.1, 0.15) is 22.8 Å². The molecule has 0 aromatic heterocycles. The quantitative estimate of drug-likeness (QED) is 0.537. The van der Waals surface area contributed by atoms with Gasteiger partial charge in [-0.2, -0.15) is 4.31 Å². The number of sulfonamides is 1. The van der Waals surface area contributed by atoms with Crippen molar-refractivity contribution in [1.29, 1.82) is 0 Å². The van der Waals surface area contributed by atoms with Gasteiger partial charge >= 0.3 is 0 Å². The number of anilines is 2. The van der Waals surface area contributed by atoms with Crippen LogP contribution < -0.4 is 10.2 Å². The van der Waals surface area contributed by atoms with Crippen molar-refractivity contribution in [2.75, 3.05) is 29.9 Å². The first-order valence-corrected chi connectivity index (χ1v) is 12.7. The molecule has 1 saturated heterocycles. The first-order valence-electron chi connectivity index (χ1n) is 10.9. The molecule has 0 radical (unpaired) electrons. The highest BCUT2D eigenvalue weighted by Gasteiger charge is 2.33. The van der Waals surface area contributed by atoms with E-state index in [1.54, 1.807) is 24.3 Å². The smallest absolute Gasteiger partial charge is 0.258 e. The third-order valence-corrected chi connectivity index (χ3v) is 8.06. The Balaban J connectivity index is 1.55. The van der Waals surface area contributed by atoms with E-state index >= 15 is 0 Å². The molecule has 1 N–H and O–H groups in total. The van der Waals surface area contributed by atoms with Crippen LogP contribution in [0, 0.1) is 12.7 Å². The maximum absolute atomic E-state index is 14.5. The zero-order chi connectivity index (χ0) is 24.5. The highest BCUT2D eigenvalue weighted by Crippen LogP contribution is 2.27. The molecule has 1 fully saturated rings. The van der Waals surface area contributed by atoms with Gasteiger partial charge < -0.3 is 10.2 Å². The van der Waals surface area contributed by atoms with E-state index < -0.39 is 21.7 Å². The summed E-state index contributed by atoms with van der Waals surface area (Å²) in [6, 6.07) is 17.8. The summed E-state index contributed by atoms with van der Waals surface area (Å²) in [7, 11) is -3.93. The van der Waals surface area contributed by atoms with Crippen molar-refractivity contribution in [3.8, 4) is 0 Å². The number of rotatable bonds is 5. The van der Waals surface area contributed by atoms with Crippen molar-refractivity contribution >= 4 is 38.9 Å². The SMILES string of the molecule is Cc1cccc(N2CCN(S(=O)(=O)c3ccc(F)c(C(=O)Nc4ccccc4Cl)c3)C[C@@H]2C)c1. The van der Waals surface area contributed by atoms with Gasteiger partial charge in [-0.15, -0.1) is 0 Å². The van der Waals surface area contributed by atoms with Crippen LogP contribution in [0.25, 0.3) is 0 Å². The number of amides is 1. The van der Waals surface area contributed by atoms with Gasteiger partial charge in [-0.1, -0.05) is 35.9 Å². The summed E-state index contributed by atoms with van der Waals surface area (Å²) < 4.78 is 42.6. The van der Waals surface area contributed by atoms with Crippen LogP contribution in [0.5, 0.6) is 0 Å². The summed E-state index contributed by atoms with van der Waals surface area (Å²) in [5.41, 5.74) is 2.12. The molecular weight excluding hydrogens is 477 g/mol. The van der Waals surface area contributed by atoms with E-state index in [1.165, 1.54) is 10.4 Å². The van der Waals surface area contributed by atoms with E-state index in [0.717, 1.165) is 23.4 Å². The fraction of sp³-hybridized carbons (Fsp3) is 0.240. The van der Waals surface area contributed by atoms with Crippen molar-refractivity contribution in [3.05, 3.63) is 88.7 Å². The monoisotopic (exact) mass is 501 g/mol. The van der Waals surface area contributed by atoms with Crippen LogP contribution >= 0.6 is 11.6 Å². The molecule has 0 spiro atoms. The third kappa shape index (κ3) is 4.94. The molecule has 1 heterocycles. The number of carbonyl (C=O) groups excluding carboxylic acids is 1. The second-order valence-corrected chi connectivity index (χ2v) is 10.7. The predicted octanol–water partition coefficient (Wildman–Crippen LogP) is 4.94. The number of piperazine rings is 1. The van der Waals surface area contributed by atoms with E-state index in [0.29, 0.717) is 17.3 Å². The number of hydrogen-bond acceptors (Lipinski definition) is 4. The van der Waals surface area contributed by atoms with Crippen molar-refractivity contribution in [3.63, 3.8) is 0 Å². The molecule has 1 aliphatic heterocycles. The highest BCUT2D eigenvalue weighted by atomic mass is 35.5.